The van der Waals surface area contributed by atoms with Crippen LogP contribution in [0.25, 0.3) is 22.3 Å². The fraction of sp³-hybridized carbons (Fsp3) is 0.348. The second kappa shape index (κ2) is 6.15. The lowest BCUT2D eigenvalue weighted by atomic mass is 9.86. The van der Waals surface area contributed by atoms with E-state index in [1.165, 1.54) is 0 Å². The highest BCUT2D eigenvalue weighted by molar-refractivity contribution is 5.94. The molecule has 6 rings (SSSR count). The molecule has 31 heavy (non-hydrogen) atoms. The molecule has 3 N–H and O–H groups in total. The zero-order valence-corrected chi connectivity index (χ0v) is 17.0. The van der Waals surface area contributed by atoms with E-state index in [9.17, 15) is 14.7 Å². The van der Waals surface area contributed by atoms with Crippen LogP contribution in [0.5, 0.6) is 5.75 Å². The highest BCUT2D eigenvalue weighted by Crippen LogP contribution is 2.43. The van der Waals surface area contributed by atoms with Crippen molar-refractivity contribution in [3.63, 3.8) is 0 Å². The van der Waals surface area contributed by atoms with E-state index in [1.807, 2.05) is 12.1 Å². The molecule has 8 heteroatoms. The van der Waals surface area contributed by atoms with E-state index in [-0.39, 0.29) is 25.1 Å². The Morgan fingerprint density at radius 3 is 2.87 bits per heavy atom. The summed E-state index contributed by atoms with van der Waals surface area (Å²) >= 11 is 0. The van der Waals surface area contributed by atoms with Gasteiger partial charge in [0.1, 0.15) is 12.4 Å². The lowest BCUT2D eigenvalue weighted by Gasteiger charge is -2.31. The number of esters is 1. The molecule has 0 saturated heterocycles. The van der Waals surface area contributed by atoms with E-state index >= 15 is 0 Å². The number of aliphatic hydroxyl groups is 1. The number of carbonyl (C=O) groups excluding carboxylic acids is 1. The molecule has 3 aliphatic heterocycles. The largest absolute Gasteiger partial charge is 0.492 e. The van der Waals surface area contributed by atoms with Crippen molar-refractivity contribution in [2.45, 2.75) is 45.1 Å². The Bertz CT molecular complexity index is 1380. The maximum atomic E-state index is 13.3. The van der Waals surface area contributed by atoms with E-state index in [4.69, 9.17) is 20.2 Å². The molecule has 158 valence electrons. The minimum Gasteiger partial charge on any atom is -0.492 e. The predicted molar refractivity (Wildman–Crippen MR) is 112 cm³/mol. The third-order valence-electron chi connectivity index (χ3n) is 6.82. The number of carbonyl (C=O) groups is 1. The first-order valence-corrected chi connectivity index (χ1v) is 10.4. The van der Waals surface area contributed by atoms with Gasteiger partial charge in [0.25, 0.3) is 5.56 Å². The summed E-state index contributed by atoms with van der Waals surface area (Å²) < 4.78 is 12.7. The molecule has 0 spiro atoms. The molecule has 8 nitrogen and oxygen atoms in total. The van der Waals surface area contributed by atoms with Gasteiger partial charge in [0.2, 0.25) is 0 Å². The average Bonchev–Trinajstić information content (AvgIpc) is 3.40. The Labute approximate surface area is 177 Å². The number of benzene rings is 1. The third-order valence-corrected chi connectivity index (χ3v) is 6.82. The van der Waals surface area contributed by atoms with Gasteiger partial charge in [-0.25, -0.2) is 9.78 Å². The van der Waals surface area contributed by atoms with Gasteiger partial charge in [0, 0.05) is 29.5 Å². The van der Waals surface area contributed by atoms with Gasteiger partial charge < -0.3 is 24.9 Å². The van der Waals surface area contributed by atoms with E-state index in [1.54, 1.807) is 17.6 Å². The van der Waals surface area contributed by atoms with Crippen molar-refractivity contribution >= 4 is 16.9 Å². The van der Waals surface area contributed by atoms with Crippen molar-refractivity contribution in [2.24, 2.45) is 5.73 Å². The summed E-state index contributed by atoms with van der Waals surface area (Å²) in [6.45, 7) is 2.78. The first-order valence-electron chi connectivity index (χ1n) is 10.4. The molecule has 3 aromatic rings. The topological polar surface area (TPSA) is 117 Å². The minimum absolute atomic E-state index is 0.108. The molecular formula is C23H21N3O5. The summed E-state index contributed by atoms with van der Waals surface area (Å²) in [4.78, 5) is 30.5. The predicted octanol–water partition coefficient (Wildman–Crippen LogP) is 1.47. The molecule has 2 aromatic heterocycles. The number of nitrogens with two attached hydrogens (primary N) is 1. The molecular weight excluding hydrogens is 398 g/mol. The van der Waals surface area contributed by atoms with Crippen LogP contribution in [0.3, 0.4) is 0 Å². The number of hydrogen-bond donors (Lipinski definition) is 2. The van der Waals surface area contributed by atoms with Crippen molar-refractivity contribution in [3.8, 4) is 17.1 Å². The molecule has 0 aliphatic carbocycles. The molecule has 1 aromatic carbocycles. The smallest absolute Gasteiger partial charge is 0.343 e. The summed E-state index contributed by atoms with van der Waals surface area (Å²) in [7, 11) is 0. The molecule has 0 saturated carbocycles. The van der Waals surface area contributed by atoms with Crippen molar-refractivity contribution in [2.75, 3.05) is 6.61 Å². The van der Waals surface area contributed by atoms with Gasteiger partial charge in [-0.3, -0.25) is 4.79 Å². The fourth-order valence-corrected chi connectivity index (χ4v) is 5.13. The summed E-state index contributed by atoms with van der Waals surface area (Å²) in [6, 6.07) is 5.70. The van der Waals surface area contributed by atoms with Crippen molar-refractivity contribution in [1.82, 2.24) is 9.55 Å². The van der Waals surface area contributed by atoms with Gasteiger partial charge in [-0.15, -0.1) is 0 Å². The van der Waals surface area contributed by atoms with Gasteiger partial charge in [-0.1, -0.05) is 13.0 Å². The van der Waals surface area contributed by atoms with Crippen LogP contribution in [0.1, 0.15) is 41.2 Å². The maximum Gasteiger partial charge on any atom is 0.343 e. The number of rotatable bonds is 2. The highest BCUT2D eigenvalue weighted by Gasteiger charge is 2.45. The summed E-state index contributed by atoms with van der Waals surface area (Å²) in [6.07, 6.45) is 0.958. The molecule has 5 heterocycles. The lowest BCUT2D eigenvalue weighted by molar-refractivity contribution is -0.172. The molecule has 0 amide bonds. The SMILES string of the molecule is CC[C@@]1(O)C(=O)OCc2c1cc1n(c2=O)Cc2c-1nc1ccc3c(c1c2CN)OCC3. The lowest BCUT2D eigenvalue weighted by Crippen LogP contribution is -2.44. The van der Waals surface area contributed by atoms with Gasteiger partial charge in [0.15, 0.2) is 5.60 Å². The zero-order valence-electron chi connectivity index (χ0n) is 17.0. The third kappa shape index (κ3) is 2.23. The Balaban J connectivity index is 1.66. The number of pyridine rings is 2. The average molecular weight is 419 g/mol. The van der Waals surface area contributed by atoms with E-state index < -0.39 is 11.6 Å². The molecule has 3 aliphatic rings. The zero-order chi connectivity index (χ0) is 21.5. The first kappa shape index (κ1) is 18.5. The molecule has 0 fully saturated rings. The van der Waals surface area contributed by atoms with E-state index in [2.05, 4.69) is 0 Å². The number of nitrogens with zero attached hydrogens (tertiary/aromatic N) is 2. The number of fused-ring (bicyclic) bond motifs is 7. The van der Waals surface area contributed by atoms with Crippen LogP contribution in [0.15, 0.2) is 23.0 Å². The maximum absolute atomic E-state index is 13.3. The summed E-state index contributed by atoms with van der Waals surface area (Å²) in [5.74, 6) is 0.0992. The molecule has 0 bridgehead atoms. The van der Waals surface area contributed by atoms with Crippen LogP contribution in [0.4, 0.5) is 0 Å². The Kier molecular flexibility index (Phi) is 3.68. The number of aromatic nitrogens is 2. The van der Waals surface area contributed by atoms with E-state index in [0.717, 1.165) is 39.8 Å². The monoisotopic (exact) mass is 419 g/mol. The summed E-state index contributed by atoms with van der Waals surface area (Å²) in [5.41, 5.74) is 9.61. The highest BCUT2D eigenvalue weighted by atomic mass is 16.6. The van der Waals surface area contributed by atoms with Gasteiger partial charge in [-0.05, 0) is 29.7 Å². The molecule has 1 atom stereocenters. The number of ether oxygens (including phenoxy) is 2. The Morgan fingerprint density at radius 2 is 2.10 bits per heavy atom. The van der Waals surface area contributed by atoms with Crippen LogP contribution in [0.2, 0.25) is 0 Å². The van der Waals surface area contributed by atoms with Crippen LogP contribution >= 0.6 is 0 Å². The Morgan fingerprint density at radius 1 is 1.26 bits per heavy atom. The van der Waals surface area contributed by atoms with Crippen molar-refractivity contribution in [1.29, 1.82) is 0 Å². The first-order chi connectivity index (χ1) is 15.0. The normalized spacial score (nSPS) is 20.7. The molecule has 0 unspecified atom stereocenters. The van der Waals surface area contributed by atoms with Crippen LogP contribution in [-0.4, -0.2) is 27.2 Å². The second-order valence-electron chi connectivity index (χ2n) is 8.27. The van der Waals surface area contributed by atoms with Crippen LogP contribution in [-0.2, 0) is 41.2 Å². The standard InChI is InChI=1S/C23H21N3O5/c1-2-23(29)15-7-17-19-13(9-26(17)21(27)14(15)10-31-22(23)28)12(8-24)18-16(25-19)4-3-11-5-6-30-20(11)18/h3-4,7,29H,2,5-6,8-10,24H2,1H3/t23-/m0/s1. The fourth-order valence-electron chi connectivity index (χ4n) is 5.13. The van der Waals surface area contributed by atoms with Gasteiger partial charge in [-0.2, -0.15) is 0 Å². The van der Waals surface area contributed by atoms with Gasteiger partial charge in [0.05, 0.1) is 35.6 Å². The quantitative estimate of drug-likeness (QED) is 0.473. The van der Waals surface area contributed by atoms with Crippen LogP contribution in [0, 0.1) is 0 Å². The molecule has 0 radical (unpaired) electrons. The number of hydrogen-bond acceptors (Lipinski definition) is 7. The van der Waals surface area contributed by atoms with E-state index in [0.29, 0.717) is 35.7 Å². The second-order valence-corrected chi connectivity index (χ2v) is 8.27. The number of cyclic esters (lactones) is 1. The summed E-state index contributed by atoms with van der Waals surface area (Å²) in [5, 5.41) is 11.9. The minimum atomic E-state index is -1.84. The Hall–Kier alpha value is -3.23. The van der Waals surface area contributed by atoms with Crippen LogP contribution < -0.4 is 16.0 Å². The van der Waals surface area contributed by atoms with Crippen molar-refractivity contribution < 1.29 is 19.4 Å². The van der Waals surface area contributed by atoms with Gasteiger partial charge >= 0.3 is 5.97 Å². The van der Waals surface area contributed by atoms with Crippen molar-refractivity contribution in [3.05, 3.63) is 56.4 Å².